The normalized spacial score (nSPS) is 18.5. The highest BCUT2D eigenvalue weighted by Gasteiger charge is 2.20. The highest BCUT2D eigenvalue weighted by atomic mass is 15.4. The Morgan fingerprint density at radius 3 is 3.12 bits per heavy atom. The Hall–Kier alpha value is -2.37. The van der Waals surface area contributed by atoms with Crippen molar-refractivity contribution in [3.8, 4) is 0 Å². The van der Waals surface area contributed by atoms with Crippen LogP contribution in [0.3, 0.4) is 0 Å². The summed E-state index contributed by atoms with van der Waals surface area (Å²) in [6.07, 6.45) is 3.65. The van der Waals surface area contributed by atoms with E-state index in [0.717, 1.165) is 44.3 Å². The molecule has 2 atom stereocenters. The van der Waals surface area contributed by atoms with Gasteiger partial charge in [0.1, 0.15) is 12.2 Å². The van der Waals surface area contributed by atoms with Gasteiger partial charge in [0.05, 0.1) is 6.54 Å². The Bertz CT molecular complexity index is 720. The molecule has 2 aromatic rings. The summed E-state index contributed by atoms with van der Waals surface area (Å²) < 4.78 is 1.99. The van der Waals surface area contributed by atoms with Crippen LogP contribution in [0.1, 0.15) is 43.1 Å². The Kier molecular flexibility index (Phi) is 5.68. The second-order valence-electron chi connectivity index (χ2n) is 6.77. The molecule has 2 unspecified atom stereocenters. The maximum Gasteiger partial charge on any atom is 0.191 e. The van der Waals surface area contributed by atoms with Gasteiger partial charge in [0, 0.05) is 31.5 Å². The van der Waals surface area contributed by atoms with Gasteiger partial charge in [-0.2, -0.15) is 5.10 Å². The van der Waals surface area contributed by atoms with E-state index in [-0.39, 0.29) is 0 Å². The number of hydrogen-bond acceptors (Lipinski definition) is 3. The highest BCUT2D eigenvalue weighted by Crippen LogP contribution is 2.17. The summed E-state index contributed by atoms with van der Waals surface area (Å²) in [6, 6.07) is 9.01. The van der Waals surface area contributed by atoms with Gasteiger partial charge in [0.15, 0.2) is 5.96 Å². The molecule has 25 heavy (non-hydrogen) atoms. The smallest absolute Gasteiger partial charge is 0.191 e. The molecule has 0 radical (unpaired) electrons. The standard InChI is InChI=1S/C19H28N6/c1-4-20-19(21-11-15(3)16-7-5-6-14(2)10-16)24-17-8-9-18-22-13-23-25(18)12-17/h5-7,10,13,15,17H,4,8-9,11-12H2,1-3H3,(H2,20,21,24). The lowest BCUT2D eigenvalue weighted by Gasteiger charge is -2.25. The van der Waals surface area contributed by atoms with Crippen LogP contribution in [0.15, 0.2) is 35.6 Å². The first-order chi connectivity index (χ1) is 12.2. The topological polar surface area (TPSA) is 67.1 Å². The third-order valence-electron chi connectivity index (χ3n) is 4.62. The number of fused-ring (bicyclic) bond motifs is 1. The number of aromatic nitrogens is 3. The number of aryl methyl sites for hydroxylation is 2. The fourth-order valence-electron chi connectivity index (χ4n) is 3.18. The van der Waals surface area contributed by atoms with Crippen molar-refractivity contribution in [3.05, 3.63) is 47.5 Å². The summed E-state index contributed by atoms with van der Waals surface area (Å²) in [6.45, 7) is 8.91. The minimum Gasteiger partial charge on any atom is -0.357 e. The first kappa shape index (κ1) is 17.5. The number of guanidine groups is 1. The number of hydrogen-bond donors (Lipinski definition) is 2. The first-order valence-corrected chi connectivity index (χ1v) is 9.13. The molecule has 1 aliphatic heterocycles. The van der Waals surface area contributed by atoms with Gasteiger partial charge in [-0.1, -0.05) is 36.8 Å². The van der Waals surface area contributed by atoms with Crippen molar-refractivity contribution in [2.24, 2.45) is 4.99 Å². The SMILES string of the molecule is CCNC(=NCC(C)c1cccc(C)c1)NC1CCc2ncnn2C1. The zero-order valence-electron chi connectivity index (χ0n) is 15.4. The molecular formula is C19H28N6. The van der Waals surface area contributed by atoms with Gasteiger partial charge in [-0.3, -0.25) is 4.99 Å². The summed E-state index contributed by atoms with van der Waals surface area (Å²) in [7, 11) is 0. The van der Waals surface area contributed by atoms with E-state index in [1.54, 1.807) is 6.33 Å². The Balaban J connectivity index is 1.61. The fourth-order valence-corrected chi connectivity index (χ4v) is 3.18. The number of aliphatic imine (C=N–C) groups is 1. The molecule has 0 spiro atoms. The van der Waals surface area contributed by atoms with E-state index in [0.29, 0.717) is 12.0 Å². The third kappa shape index (κ3) is 4.59. The van der Waals surface area contributed by atoms with Crippen molar-refractivity contribution in [2.45, 2.75) is 52.1 Å². The second-order valence-corrected chi connectivity index (χ2v) is 6.77. The minimum absolute atomic E-state index is 0.335. The molecule has 2 N–H and O–H groups in total. The summed E-state index contributed by atoms with van der Waals surface area (Å²) in [5, 5.41) is 11.2. The molecule has 0 amide bonds. The molecule has 1 aromatic carbocycles. The molecule has 1 aliphatic rings. The molecule has 3 rings (SSSR count). The molecule has 6 heteroatoms. The molecule has 1 aromatic heterocycles. The zero-order valence-corrected chi connectivity index (χ0v) is 15.4. The van der Waals surface area contributed by atoms with E-state index in [4.69, 9.17) is 4.99 Å². The number of nitrogens with one attached hydrogen (secondary N) is 2. The first-order valence-electron chi connectivity index (χ1n) is 9.13. The second kappa shape index (κ2) is 8.14. The van der Waals surface area contributed by atoms with Crippen LogP contribution in [0.25, 0.3) is 0 Å². The van der Waals surface area contributed by atoms with E-state index < -0.39 is 0 Å². The summed E-state index contributed by atoms with van der Waals surface area (Å²) in [5.41, 5.74) is 2.63. The molecule has 2 heterocycles. The molecule has 0 aliphatic carbocycles. The van der Waals surface area contributed by atoms with Crippen molar-refractivity contribution >= 4 is 5.96 Å². The zero-order chi connectivity index (χ0) is 17.6. The van der Waals surface area contributed by atoms with Crippen LogP contribution in [-0.4, -0.2) is 39.9 Å². The Morgan fingerprint density at radius 2 is 2.32 bits per heavy atom. The predicted octanol–water partition coefficient (Wildman–Crippen LogP) is 2.26. The van der Waals surface area contributed by atoms with Gasteiger partial charge in [0.2, 0.25) is 0 Å². The summed E-state index contributed by atoms with van der Waals surface area (Å²) in [4.78, 5) is 9.09. The van der Waals surface area contributed by atoms with Crippen molar-refractivity contribution in [1.82, 2.24) is 25.4 Å². The van der Waals surface area contributed by atoms with Crippen molar-refractivity contribution in [1.29, 1.82) is 0 Å². The summed E-state index contributed by atoms with van der Waals surface area (Å²) in [5.74, 6) is 2.35. The Labute approximate surface area is 149 Å². The number of rotatable bonds is 5. The lowest BCUT2D eigenvalue weighted by atomic mass is 10.00. The average Bonchev–Trinajstić information content (AvgIpc) is 3.07. The molecule has 0 saturated heterocycles. The maximum absolute atomic E-state index is 4.81. The van der Waals surface area contributed by atoms with Crippen LogP contribution in [0.5, 0.6) is 0 Å². The van der Waals surface area contributed by atoms with Gasteiger partial charge >= 0.3 is 0 Å². The van der Waals surface area contributed by atoms with Crippen molar-refractivity contribution in [2.75, 3.05) is 13.1 Å². The number of nitrogens with zero attached hydrogens (tertiary/aromatic N) is 4. The largest absolute Gasteiger partial charge is 0.357 e. The van der Waals surface area contributed by atoms with E-state index in [2.05, 4.69) is 65.8 Å². The van der Waals surface area contributed by atoms with Crippen LogP contribution >= 0.6 is 0 Å². The van der Waals surface area contributed by atoms with E-state index in [1.807, 2.05) is 4.68 Å². The van der Waals surface area contributed by atoms with Gasteiger partial charge in [0.25, 0.3) is 0 Å². The van der Waals surface area contributed by atoms with E-state index in [9.17, 15) is 0 Å². The van der Waals surface area contributed by atoms with E-state index >= 15 is 0 Å². The molecule has 0 fully saturated rings. The fraction of sp³-hybridized carbons (Fsp3) is 0.526. The highest BCUT2D eigenvalue weighted by molar-refractivity contribution is 5.80. The van der Waals surface area contributed by atoms with E-state index in [1.165, 1.54) is 11.1 Å². The monoisotopic (exact) mass is 340 g/mol. The summed E-state index contributed by atoms with van der Waals surface area (Å²) >= 11 is 0. The Morgan fingerprint density at radius 1 is 1.44 bits per heavy atom. The third-order valence-corrected chi connectivity index (χ3v) is 4.62. The molecular weight excluding hydrogens is 312 g/mol. The molecule has 0 bridgehead atoms. The maximum atomic E-state index is 4.81. The van der Waals surface area contributed by atoms with Gasteiger partial charge in [-0.05, 0) is 25.8 Å². The van der Waals surface area contributed by atoms with Crippen LogP contribution in [-0.2, 0) is 13.0 Å². The molecule has 134 valence electrons. The minimum atomic E-state index is 0.335. The molecule has 0 saturated carbocycles. The predicted molar refractivity (Wildman–Crippen MR) is 101 cm³/mol. The van der Waals surface area contributed by atoms with Crippen LogP contribution in [0.2, 0.25) is 0 Å². The van der Waals surface area contributed by atoms with Crippen LogP contribution in [0.4, 0.5) is 0 Å². The van der Waals surface area contributed by atoms with Gasteiger partial charge < -0.3 is 10.6 Å². The van der Waals surface area contributed by atoms with Gasteiger partial charge in [-0.15, -0.1) is 0 Å². The van der Waals surface area contributed by atoms with Crippen LogP contribution < -0.4 is 10.6 Å². The van der Waals surface area contributed by atoms with Gasteiger partial charge in [-0.25, -0.2) is 9.67 Å². The molecule has 6 nitrogen and oxygen atoms in total. The lowest BCUT2D eigenvalue weighted by Crippen LogP contribution is -2.47. The van der Waals surface area contributed by atoms with Crippen LogP contribution in [0, 0.1) is 6.92 Å². The average molecular weight is 340 g/mol. The number of benzene rings is 1. The van der Waals surface area contributed by atoms with Crippen molar-refractivity contribution in [3.63, 3.8) is 0 Å². The van der Waals surface area contributed by atoms with Crippen molar-refractivity contribution < 1.29 is 0 Å². The quantitative estimate of drug-likeness (QED) is 0.647. The lowest BCUT2D eigenvalue weighted by molar-refractivity contribution is 0.392.